The number of benzene rings is 1. The van der Waals surface area contributed by atoms with Gasteiger partial charge >= 0.3 is 0 Å². The molecule has 1 aromatic carbocycles. The minimum Gasteiger partial charge on any atom is -0.508 e. The summed E-state index contributed by atoms with van der Waals surface area (Å²) < 4.78 is 5.06. The maximum atomic E-state index is 12.9. The van der Waals surface area contributed by atoms with Crippen molar-refractivity contribution in [3.63, 3.8) is 0 Å². The van der Waals surface area contributed by atoms with Crippen LogP contribution in [0.1, 0.15) is 25.8 Å². The molecule has 2 rings (SSSR count). The third kappa shape index (κ3) is 8.07. The minimum atomic E-state index is -1.11. The van der Waals surface area contributed by atoms with Gasteiger partial charge in [0.15, 0.2) is 12.2 Å². The highest BCUT2D eigenvalue weighted by molar-refractivity contribution is 5.98. The fourth-order valence-corrected chi connectivity index (χ4v) is 3.11. The molecule has 0 aromatic heterocycles. The highest BCUT2D eigenvalue weighted by Crippen LogP contribution is 2.23. The maximum Gasteiger partial charge on any atom is 0.253 e. The van der Waals surface area contributed by atoms with Crippen LogP contribution in [0.15, 0.2) is 24.3 Å². The number of nitrogens with two attached hydrogens (primary N) is 2. The third-order valence-corrected chi connectivity index (χ3v) is 4.82. The summed E-state index contributed by atoms with van der Waals surface area (Å²) in [6.45, 7) is 3.31. The Kier molecular flexibility index (Phi) is 8.74. The standard InChI is InChI=1S/C21H29N5O7/c1-10(2)7-14(26-21(32)17-16(33-17)20(31)24-9-15(22)28)19(30)25-13(18(23)29)8-11-3-5-12(27)6-4-11/h3-6,10,13-14,16-17,27H,7-9H2,1-2H3,(H2,22,28)(H2,23,29)(H,24,31)(H,25,30)(H,26,32)/t13-,14-,16+,17+/m0/s1. The molecule has 1 saturated heterocycles. The van der Waals surface area contributed by atoms with E-state index in [4.69, 9.17) is 16.2 Å². The van der Waals surface area contributed by atoms with Gasteiger partial charge in [-0.2, -0.15) is 0 Å². The number of phenols is 1. The number of epoxide rings is 1. The molecule has 33 heavy (non-hydrogen) atoms. The summed E-state index contributed by atoms with van der Waals surface area (Å²) in [7, 11) is 0. The van der Waals surface area contributed by atoms with E-state index >= 15 is 0 Å². The molecule has 4 atom stereocenters. The van der Waals surface area contributed by atoms with Crippen molar-refractivity contribution in [2.24, 2.45) is 17.4 Å². The number of hydrogen-bond acceptors (Lipinski definition) is 7. The van der Waals surface area contributed by atoms with Crippen LogP contribution in [0.25, 0.3) is 0 Å². The van der Waals surface area contributed by atoms with E-state index in [9.17, 15) is 29.1 Å². The minimum absolute atomic E-state index is 0.0139. The number of primary amides is 2. The van der Waals surface area contributed by atoms with Gasteiger partial charge in [0.05, 0.1) is 6.54 Å². The van der Waals surface area contributed by atoms with Crippen molar-refractivity contribution in [3.05, 3.63) is 29.8 Å². The van der Waals surface area contributed by atoms with Gasteiger partial charge < -0.3 is 37.3 Å². The first-order chi connectivity index (χ1) is 15.5. The lowest BCUT2D eigenvalue weighted by Gasteiger charge is -2.23. The second-order valence-electron chi connectivity index (χ2n) is 8.19. The van der Waals surface area contributed by atoms with Crippen molar-refractivity contribution in [2.45, 2.75) is 51.0 Å². The Balaban J connectivity index is 1.99. The van der Waals surface area contributed by atoms with Crippen molar-refractivity contribution in [2.75, 3.05) is 6.54 Å². The van der Waals surface area contributed by atoms with Gasteiger partial charge in [-0.3, -0.25) is 24.0 Å². The van der Waals surface area contributed by atoms with Crippen LogP contribution in [-0.2, 0) is 35.1 Å². The van der Waals surface area contributed by atoms with Gasteiger partial charge in [-0.05, 0) is 30.0 Å². The highest BCUT2D eigenvalue weighted by Gasteiger charge is 2.51. The summed E-state index contributed by atoms with van der Waals surface area (Å²) in [5, 5.41) is 16.7. The van der Waals surface area contributed by atoms with E-state index in [1.54, 1.807) is 12.1 Å². The van der Waals surface area contributed by atoms with E-state index < -0.39 is 53.8 Å². The largest absolute Gasteiger partial charge is 0.508 e. The molecule has 1 aliphatic heterocycles. The predicted molar refractivity (Wildman–Crippen MR) is 115 cm³/mol. The molecule has 12 heteroatoms. The van der Waals surface area contributed by atoms with Crippen LogP contribution in [0.3, 0.4) is 0 Å². The van der Waals surface area contributed by atoms with Crippen LogP contribution in [0, 0.1) is 5.92 Å². The van der Waals surface area contributed by atoms with Crippen LogP contribution in [0.2, 0.25) is 0 Å². The molecule has 1 aromatic rings. The monoisotopic (exact) mass is 463 g/mol. The summed E-state index contributed by atoms with van der Waals surface area (Å²) in [4.78, 5) is 59.9. The molecule has 0 unspecified atom stereocenters. The number of carbonyl (C=O) groups is 5. The topological polar surface area (TPSA) is 206 Å². The number of nitrogens with one attached hydrogen (secondary N) is 3. The SMILES string of the molecule is CC(C)C[C@H](NC(=O)[C@@H]1O[C@H]1C(=O)NCC(N)=O)C(=O)N[C@@H](Cc1ccc(O)cc1)C(N)=O. The molecule has 0 saturated carbocycles. The smallest absolute Gasteiger partial charge is 0.253 e. The second kappa shape index (κ2) is 11.3. The van der Waals surface area contributed by atoms with Gasteiger partial charge in [-0.15, -0.1) is 0 Å². The van der Waals surface area contributed by atoms with Crippen molar-refractivity contribution < 1.29 is 33.8 Å². The first kappa shape index (κ1) is 25.6. The number of aromatic hydroxyl groups is 1. The highest BCUT2D eigenvalue weighted by atomic mass is 16.6. The Morgan fingerprint density at radius 2 is 1.58 bits per heavy atom. The average Bonchev–Trinajstić information content (AvgIpc) is 3.53. The molecule has 1 aliphatic rings. The van der Waals surface area contributed by atoms with Crippen molar-refractivity contribution in [1.82, 2.24) is 16.0 Å². The van der Waals surface area contributed by atoms with Gasteiger partial charge in [0.2, 0.25) is 17.7 Å². The third-order valence-electron chi connectivity index (χ3n) is 4.82. The Morgan fingerprint density at radius 3 is 2.12 bits per heavy atom. The van der Waals surface area contributed by atoms with E-state index in [0.29, 0.717) is 5.56 Å². The van der Waals surface area contributed by atoms with Crippen LogP contribution >= 0.6 is 0 Å². The van der Waals surface area contributed by atoms with Crippen molar-refractivity contribution in [3.8, 4) is 5.75 Å². The summed E-state index contributed by atoms with van der Waals surface area (Å²) in [6, 6.07) is 4.04. The summed E-state index contributed by atoms with van der Waals surface area (Å²) in [5.74, 6) is -3.39. The fourth-order valence-electron chi connectivity index (χ4n) is 3.11. The maximum absolute atomic E-state index is 12.9. The summed E-state index contributed by atoms with van der Waals surface area (Å²) >= 11 is 0. The summed E-state index contributed by atoms with van der Waals surface area (Å²) in [6.07, 6.45) is -1.84. The zero-order chi connectivity index (χ0) is 24.7. The van der Waals surface area contributed by atoms with Crippen LogP contribution in [0.5, 0.6) is 5.75 Å². The lowest BCUT2D eigenvalue weighted by atomic mass is 10.0. The van der Waals surface area contributed by atoms with Gasteiger partial charge in [-0.25, -0.2) is 0 Å². The molecule has 0 spiro atoms. The average molecular weight is 463 g/mol. The molecule has 5 amide bonds. The first-order valence-corrected chi connectivity index (χ1v) is 10.4. The van der Waals surface area contributed by atoms with Crippen molar-refractivity contribution in [1.29, 1.82) is 0 Å². The number of phenolic OH excluding ortho intramolecular Hbond substituents is 1. The van der Waals surface area contributed by atoms with E-state index in [0.717, 1.165) is 0 Å². The molecule has 8 N–H and O–H groups in total. The van der Waals surface area contributed by atoms with Crippen LogP contribution in [-0.4, -0.2) is 65.5 Å². The molecule has 0 radical (unpaired) electrons. The molecule has 1 fully saturated rings. The number of amides is 5. The van der Waals surface area contributed by atoms with Gasteiger partial charge in [-0.1, -0.05) is 26.0 Å². The second-order valence-corrected chi connectivity index (χ2v) is 8.19. The number of hydrogen-bond donors (Lipinski definition) is 6. The van der Waals surface area contributed by atoms with Crippen molar-refractivity contribution >= 4 is 29.5 Å². The van der Waals surface area contributed by atoms with E-state index in [2.05, 4.69) is 16.0 Å². The Labute approximate surface area is 190 Å². The Morgan fingerprint density at radius 1 is 0.970 bits per heavy atom. The number of ether oxygens (including phenoxy) is 1. The van der Waals surface area contributed by atoms with E-state index in [1.165, 1.54) is 12.1 Å². The molecule has 1 heterocycles. The molecular formula is C21H29N5O7. The van der Waals surface area contributed by atoms with Crippen LogP contribution < -0.4 is 27.4 Å². The fraction of sp³-hybridized carbons (Fsp3) is 0.476. The Hall–Kier alpha value is -3.67. The molecular weight excluding hydrogens is 434 g/mol. The number of rotatable bonds is 12. The van der Waals surface area contributed by atoms with Crippen LogP contribution in [0.4, 0.5) is 0 Å². The molecule has 0 aliphatic carbocycles. The molecule has 180 valence electrons. The quantitative estimate of drug-likeness (QED) is 0.188. The van der Waals surface area contributed by atoms with Gasteiger partial charge in [0.1, 0.15) is 17.8 Å². The lowest BCUT2D eigenvalue weighted by Crippen LogP contribution is -2.54. The zero-order valence-corrected chi connectivity index (χ0v) is 18.4. The molecule has 0 bridgehead atoms. The normalized spacial score (nSPS) is 18.6. The zero-order valence-electron chi connectivity index (χ0n) is 18.4. The molecule has 12 nitrogen and oxygen atoms in total. The van der Waals surface area contributed by atoms with E-state index in [-0.39, 0.29) is 31.1 Å². The summed E-state index contributed by atoms with van der Waals surface area (Å²) in [5.41, 5.74) is 11.1. The first-order valence-electron chi connectivity index (χ1n) is 10.4. The van der Waals surface area contributed by atoms with E-state index in [1.807, 2.05) is 13.8 Å². The number of carbonyl (C=O) groups excluding carboxylic acids is 5. The Bertz CT molecular complexity index is 903. The lowest BCUT2D eigenvalue weighted by molar-refractivity contribution is -0.132. The van der Waals surface area contributed by atoms with Gasteiger partial charge in [0.25, 0.3) is 11.8 Å². The van der Waals surface area contributed by atoms with Gasteiger partial charge in [0, 0.05) is 6.42 Å². The predicted octanol–water partition coefficient (Wildman–Crippen LogP) is -2.20.